The summed E-state index contributed by atoms with van der Waals surface area (Å²) in [5.74, 6) is 1.08. The maximum atomic E-state index is 6.24. The number of hydrogen-bond acceptors (Lipinski definition) is 4. The Morgan fingerprint density at radius 2 is 1.94 bits per heavy atom. The molecule has 0 radical (unpaired) electrons. The molecule has 4 nitrogen and oxygen atoms in total. The maximum absolute atomic E-state index is 6.24. The summed E-state index contributed by atoms with van der Waals surface area (Å²) in [5.41, 5.74) is 6.75. The molecule has 162 valence electrons. The van der Waals surface area contributed by atoms with Crippen LogP contribution < -0.4 is 5.32 Å². The van der Waals surface area contributed by atoms with E-state index in [4.69, 9.17) is 16.1 Å². The number of halogens is 1. The lowest BCUT2D eigenvalue weighted by Gasteiger charge is -2.13. The van der Waals surface area contributed by atoms with Crippen LogP contribution in [0.2, 0.25) is 5.02 Å². The first kappa shape index (κ1) is 22.8. The Bertz CT molecular complexity index is 1050. The van der Waals surface area contributed by atoms with E-state index in [1.165, 1.54) is 22.3 Å². The fourth-order valence-corrected chi connectivity index (χ4v) is 3.53. The summed E-state index contributed by atoms with van der Waals surface area (Å²) in [6.45, 7) is 11.2. The lowest BCUT2D eigenvalue weighted by atomic mass is 9.96. The molecule has 1 aromatic heterocycles. The van der Waals surface area contributed by atoms with E-state index in [0.717, 1.165) is 36.4 Å². The van der Waals surface area contributed by atoms with Crippen molar-refractivity contribution in [3.05, 3.63) is 94.1 Å². The zero-order chi connectivity index (χ0) is 22.2. The SMILES string of the molecule is C=C(NCC/C(=C/CCC)c1cc(Cl)ccc1C)c1noc(Cc2ccc(C)cc2)n1. The standard InChI is InChI=1S/C26H30ClN3O/c1-5-6-7-22(24-17-23(27)13-10-19(24)3)14-15-28-20(4)26-29-25(31-30-26)16-21-11-8-18(2)9-12-21/h7-13,17,28H,4-6,14-16H2,1-3H3/b22-7-. The predicted octanol–water partition coefficient (Wildman–Crippen LogP) is 6.76. The van der Waals surface area contributed by atoms with Crippen LogP contribution in [0.25, 0.3) is 11.3 Å². The number of aromatic nitrogens is 2. The monoisotopic (exact) mass is 435 g/mol. The number of rotatable bonds is 10. The number of allylic oxidation sites excluding steroid dienone is 1. The van der Waals surface area contributed by atoms with Gasteiger partial charge in [-0.05, 0) is 61.1 Å². The molecule has 0 saturated heterocycles. The van der Waals surface area contributed by atoms with Crippen molar-refractivity contribution < 1.29 is 4.52 Å². The van der Waals surface area contributed by atoms with E-state index >= 15 is 0 Å². The molecule has 0 aliphatic carbocycles. The molecule has 0 aliphatic rings. The number of aryl methyl sites for hydroxylation is 2. The second-order valence-corrected chi connectivity index (χ2v) is 8.24. The molecule has 1 N–H and O–H groups in total. The number of nitrogens with one attached hydrogen (secondary N) is 1. The first-order valence-corrected chi connectivity index (χ1v) is 11.1. The van der Waals surface area contributed by atoms with E-state index in [0.29, 0.717) is 23.8 Å². The first-order chi connectivity index (χ1) is 15.0. The quantitative estimate of drug-likeness (QED) is 0.382. The summed E-state index contributed by atoms with van der Waals surface area (Å²) >= 11 is 6.24. The van der Waals surface area contributed by atoms with Crippen molar-refractivity contribution in [3.63, 3.8) is 0 Å². The highest BCUT2D eigenvalue weighted by molar-refractivity contribution is 6.30. The van der Waals surface area contributed by atoms with Gasteiger partial charge in [-0.25, -0.2) is 0 Å². The van der Waals surface area contributed by atoms with Gasteiger partial charge >= 0.3 is 0 Å². The van der Waals surface area contributed by atoms with Gasteiger partial charge in [-0.2, -0.15) is 4.98 Å². The topological polar surface area (TPSA) is 51.0 Å². The van der Waals surface area contributed by atoms with Crippen LogP contribution in [0.1, 0.15) is 60.2 Å². The van der Waals surface area contributed by atoms with Crippen LogP contribution in [0, 0.1) is 13.8 Å². The second-order valence-electron chi connectivity index (χ2n) is 7.81. The molecule has 0 spiro atoms. The zero-order valence-electron chi connectivity index (χ0n) is 18.5. The van der Waals surface area contributed by atoms with Gasteiger partial charge in [0.25, 0.3) is 0 Å². The summed E-state index contributed by atoms with van der Waals surface area (Å²) in [6.07, 6.45) is 5.91. The molecule has 2 aromatic carbocycles. The van der Waals surface area contributed by atoms with Crippen LogP contribution in [0.4, 0.5) is 0 Å². The van der Waals surface area contributed by atoms with Gasteiger partial charge in [-0.15, -0.1) is 0 Å². The molecule has 0 aliphatic heterocycles. The predicted molar refractivity (Wildman–Crippen MR) is 129 cm³/mol. The minimum atomic E-state index is 0.500. The highest BCUT2D eigenvalue weighted by Crippen LogP contribution is 2.26. The molecular formula is C26H30ClN3O. The van der Waals surface area contributed by atoms with E-state index in [-0.39, 0.29) is 0 Å². The normalized spacial score (nSPS) is 11.5. The third-order valence-corrected chi connectivity index (χ3v) is 5.41. The number of unbranched alkanes of at least 4 members (excludes halogenated alkanes) is 1. The average molecular weight is 436 g/mol. The molecule has 0 saturated carbocycles. The van der Waals surface area contributed by atoms with Crippen molar-refractivity contribution in [2.75, 3.05) is 6.54 Å². The third kappa shape index (κ3) is 6.56. The largest absolute Gasteiger partial charge is 0.382 e. The Labute approximate surface area is 190 Å². The Kier molecular flexibility index (Phi) is 8.07. The fraction of sp³-hybridized carbons (Fsp3) is 0.308. The van der Waals surface area contributed by atoms with Crippen molar-refractivity contribution in [1.29, 1.82) is 0 Å². The Hall–Kier alpha value is -2.85. The Morgan fingerprint density at radius 3 is 2.68 bits per heavy atom. The summed E-state index contributed by atoms with van der Waals surface area (Å²) in [7, 11) is 0. The fourth-order valence-electron chi connectivity index (χ4n) is 3.36. The minimum absolute atomic E-state index is 0.500. The smallest absolute Gasteiger partial charge is 0.231 e. The number of hydrogen-bond donors (Lipinski definition) is 1. The maximum Gasteiger partial charge on any atom is 0.231 e. The molecule has 5 heteroatoms. The molecule has 1 heterocycles. The first-order valence-electron chi connectivity index (χ1n) is 10.7. The van der Waals surface area contributed by atoms with E-state index < -0.39 is 0 Å². The summed E-state index contributed by atoms with van der Waals surface area (Å²) in [6, 6.07) is 14.4. The van der Waals surface area contributed by atoms with Crippen molar-refractivity contribution in [2.24, 2.45) is 0 Å². The lowest BCUT2D eigenvalue weighted by molar-refractivity contribution is 0.382. The van der Waals surface area contributed by atoms with Crippen molar-refractivity contribution >= 4 is 22.9 Å². The third-order valence-electron chi connectivity index (χ3n) is 5.17. The molecular weight excluding hydrogens is 406 g/mol. The van der Waals surface area contributed by atoms with Gasteiger partial charge in [0.2, 0.25) is 11.7 Å². The van der Waals surface area contributed by atoms with Gasteiger partial charge in [0, 0.05) is 11.6 Å². The van der Waals surface area contributed by atoms with Crippen LogP contribution in [0.3, 0.4) is 0 Å². The Balaban J connectivity index is 1.59. The van der Waals surface area contributed by atoms with E-state index in [1.807, 2.05) is 12.1 Å². The number of nitrogens with zero attached hydrogens (tertiary/aromatic N) is 2. The summed E-state index contributed by atoms with van der Waals surface area (Å²) in [4.78, 5) is 4.49. The zero-order valence-corrected chi connectivity index (χ0v) is 19.3. The molecule has 0 bridgehead atoms. The van der Waals surface area contributed by atoms with Crippen LogP contribution in [0.15, 0.2) is 59.6 Å². The van der Waals surface area contributed by atoms with Gasteiger partial charge in [0.15, 0.2) is 0 Å². The van der Waals surface area contributed by atoms with Gasteiger partial charge in [-0.3, -0.25) is 0 Å². The van der Waals surface area contributed by atoms with Gasteiger partial charge in [0.1, 0.15) is 0 Å². The minimum Gasteiger partial charge on any atom is -0.382 e. The molecule has 0 fully saturated rings. The van der Waals surface area contributed by atoms with E-state index in [9.17, 15) is 0 Å². The van der Waals surface area contributed by atoms with Gasteiger partial charge < -0.3 is 9.84 Å². The molecule has 31 heavy (non-hydrogen) atoms. The van der Waals surface area contributed by atoms with Crippen molar-refractivity contribution in [1.82, 2.24) is 15.5 Å². The average Bonchev–Trinajstić information content (AvgIpc) is 3.22. The highest BCUT2D eigenvalue weighted by atomic mass is 35.5. The lowest BCUT2D eigenvalue weighted by Crippen LogP contribution is -2.14. The van der Waals surface area contributed by atoms with E-state index in [2.05, 4.69) is 79.2 Å². The molecule has 3 rings (SSSR count). The summed E-state index contributed by atoms with van der Waals surface area (Å²) < 4.78 is 5.41. The molecule has 0 unspecified atom stereocenters. The van der Waals surface area contributed by atoms with Gasteiger partial charge in [-0.1, -0.05) is 78.7 Å². The highest BCUT2D eigenvalue weighted by Gasteiger charge is 2.11. The van der Waals surface area contributed by atoms with Crippen molar-refractivity contribution in [3.8, 4) is 0 Å². The molecule has 0 amide bonds. The van der Waals surface area contributed by atoms with Crippen LogP contribution in [-0.2, 0) is 6.42 Å². The van der Waals surface area contributed by atoms with Gasteiger partial charge in [0.05, 0.1) is 12.1 Å². The van der Waals surface area contributed by atoms with Crippen molar-refractivity contribution in [2.45, 2.75) is 46.5 Å². The molecule has 0 atom stereocenters. The summed E-state index contributed by atoms with van der Waals surface area (Å²) in [5, 5.41) is 8.18. The van der Waals surface area contributed by atoms with Crippen LogP contribution in [0.5, 0.6) is 0 Å². The second kappa shape index (κ2) is 11.0. The van der Waals surface area contributed by atoms with Crippen LogP contribution >= 0.6 is 11.6 Å². The molecule has 3 aromatic rings. The van der Waals surface area contributed by atoms with Crippen LogP contribution in [-0.4, -0.2) is 16.7 Å². The number of benzene rings is 2. The Morgan fingerprint density at radius 1 is 1.16 bits per heavy atom. The van der Waals surface area contributed by atoms with E-state index in [1.54, 1.807) is 0 Å².